The first kappa shape index (κ1) is 27.8. The molecule has 1 aliphatic rings. The molecule has 0 saturated heterocycles. The zero-order valence-electron chi connectivity index (χ0n) is 22.6. The SMILES string of the molecule is CC.CC(C)=Nc1c(C)cc(-c2c[nH]c3nc(C4CC4)ccc23)cc1F.CCCC(C)CCC. The van der Waals surface area contributed by atoms with Crippen LogP contribution in [0.2, 0.25) is 0 Å². The van der Waals surface area contributed by atoms with Crippen molar-refractivity contribution < 1.29 is 4.39 Å². The molecule has 0 spiro atoms. The van der Waals surface area contributed by atoms with Crippen molar-refractivity contribution in [1.29, 1.82) is 0 Å². The molecule has 34 heavy (non-hydrogen) atoms. The Kier molecular flexibility index (Phi) is 10.9. The summed E-state index contributed by atoms with van der Waals surface area (Å²) in [6.07, 6.45) is 9.89. The van der Waals surface area contributed by atoms with E-state index in [-0.39, 0.29) is 5.82 Å². The van der Waals surface area contributed by atoms with Crippen LogP contribution in [0.1, 0.15) is 104 Å². The molecule has 186 valence electrons. The molecule has 1 N–H and O–H groups in total. The first-order valence-electron chi connectivity index (χ1n) is 13.1. The molecule has 1 aliphatic carbocycles. The second-order valence-electron chi connectivity index (χ2n) is 9.47. The van der Waals surface area contributed by atoms with Gasteiger partial charge in [-0.05, 0) is 74.9 Å². The number of benzene rings is 1. The maximum atomic E-state index is 14.5. The molecule has 0 unspecified atom stereocenters. The number of nitrogens with zero attached hydrogens (tertiary/aromatic N) is 2. The van der Waals surface area contributed by atoms with Crippen molar-refractivity contribution in [2.75, 3.05) is 0 Å². The Hall–Kier alpha value is -2.49. The summed E-state index contributed by atoms with van der Waals surface area (Å²) in [6.45, 7) is 16.5. The lowest BCUT2D eigenvalue weighted by molar-refractivity contribution is 0.480. The number of pyridine rings is 1. The van der Waals surface area contributed by atoms with Crippen LogP contribution in [-0.4, -0.2) is 15.7 Å². The topological polar surface area (TPSA) is 41.0 Å². The van der Waals surface area contributed by atoms with Crippen LogP contribution >= 0.6 is 0 Å². The quantitative estimate of drug-likeness (QED) is 0.346. The predicted molar refractivity (Wildman–Crippen MR) is 147 cm³/mol. The normalized spacial score (nSPS) is 12.6. The molecule has 4 heteroatoms. The number of hydrogen-bond donors (Lipinski definition) is 1. The fraction of sp³-hybridized carbons (Fsp3) is 0.533. The molecule has 1 fully saturated rings. The summed E-state index contributed by atoms with van der Waals surface area (Å²) in [5.74, 6) is 1.29. The summed E-state index contributed by atoms with van der Waals surface area (Å²) in [5, 5.41) is 1.03. The van der Waals surface area contributed by atoms with Crippen LogP contribution in [0.25, 0.3) is 22.2 Å². The van der Waals surface area contributed by atoms with Crippen molar-refractivity contribution in [3.8, 4) is 11.1 Å². The van der Waals surface area contributed by atoms with Crippen LogP contribution in [0.3, 0.4) is 0 Å². The van der Waals surface area contributed by atoms with Gasteiger partial charge in [0.15, 0.2) is 0 Å². The van der Waals surface area contributed by atoms with Crippen LogP contribution in [0.4, 0.5) is 10.1 Å². The molecule has 1 saturated carbocycles. The van der Waals surface area contributed by atoms with E-state index < -0.39 is 0 Å². The van der Waals surface area contributed by atoms with Crippen molar-refractivity contribution in [3.63, 3.8) is 0 Å². The highest BCUT2D eigenvalue weighted by Gasteiger charge is 2.25. The summed E-state index contributed by atoms with van der Waals surface area (Å²) in [5.41, 5.74) is 5.96. The van der Waals surface area contributed by atoms with Gasteiger partial charge in [-0.3, -0.25) is 4.99 Å². The Morgan fingerprint density at radius 1 is 1.12 bits per heavy atom. The molecule has 0 atom stereocenters. The molecule has 0 aliphatic heterocycles. The summed E-state index contributed by atoms with van der Waals surface area (Å²) in [4.78, 5) is 12.3. The number of nitrogens with one attached hydrogen (secondary N) is 1. The van der Waals surface area contributed by atoms with E-state index in [1.807, 2.05) is 46.9 Å². The zero-order chi connectivity index (χ0) is 25.3. The van der Waals surface area contributed by atoms with E-state index in [1.54, 1.807) is 6.07 Å². The molecule has 3 nitrogen and oxygen atoms in total. The maximum Gasteiger partial charge on any atom is 0.149 e. The number of aliphatic imine (C=N–C) groups is 1. The molecule has 2 aromatic heterocycles. The molecule has 4 rings (SSSR count). The first-order valence-corrected chi connectivity index (χ1v) is 13.1. The van der Waals surface area contributed by atoms with E-state index >= 15 is 0 Å². The third-order valence-electron chi connectivity index (χ3n) is 6.02. The van der Waals surface area contributed by atoms with Gasteiger partial charge in [0.1, 0.15) is 17.2 Å². The Morgan fingerprint density at radius 3 is 2.29 bits per heavy atom. The third-order valence-corrected chi connectivity index (χ3v) is 6.02. The average molecular weight is 466 g/mol. The van der Waals surface area contributed by atoms with Gasteiger partial charge < -0.3 is 4.98 Å². The predicted octanol–water partition coefficient (Wildman–Crippen LogP) is 9.92. The second kappa shape index (κ2) is 13.4. The van der Waals surface area contributed by atoms with Gasteiger partial charge in [0, 0.05) is 34.5 Å². The van der Waals surface area contributed by atoms with Gasteiger partial charge in [-0.15, -0.1) is 0 Å². The van der Waals surface area contributed by atoms with E-state index in [2.05, 4.69) is 42.9 Å². The molecular weight excluding hydrogens is 421 g/mol. The minimum absolute atomic E-state index is 0.289. The van der Waals surface area contributed by atoms with E-state index in [9.17, 15) is 4.39 Å². The third kappa shape index (κ3) is 7.51. The highest BCUT2D eigenvalue weighted by Crippen LogP contribution is 2.40. The van der Waals surface area contributed by atoms with Crippen molar-refractivity contribution in [1.82, 2.24) is 9.97 Å². The fourth-order valence-electron chi connectivity index (χ4n) is 4.25. The largest absolute Gasteiger partial charge is 0.346 e. The Balaban J connectivity index is 0.000000350. The fourth-order valence-corrected chi connectivity index (χ4v) is 4.25. The number of H-pyrrole nitrogens is 1. The summed E-state index contributed by atoms with van der Waals surface area (Å²) in [7, 11) is 0. The minimum atomic E-state index is -0.289. The van der Waals surface area contributed by atoms with Crippen LogP contribution in [0, 0.1) is 18.7 Å². The van der Waals surface area contributed by atoms with Gasteiger partial charge >= 0.3 is 0 Å². The summed E-state index contributed by atoms with van der Waals surface area (Å²) >= 11 is 0. The number of hydrogen-bond acceptors (Lipinski definition) is 2. The van der Waals surface area contributed by atoms with Gasteiger partial charge in [0.05, 0.1) is 0 Å². The van der Waals surface area contributed by atoms with E-state index in [4.69, 9.17) is 4.98 Å². The standard InChI is InChI=1S/C20H20FN3.C8H18.C2H6/c1-11(2)23-19-12(3)8-14(9-17(19)21)16-10-22-20-15(16)6-7-18(24-20)13-4-5-13;1-4-6-8(3)7-5-2;1-2/h6-10,13H,4-5H2,1-3H3,(H,22,24);8H,4-7H2,1-3H3;1-2H3. The van der Waals surface area contributed by atoms with Crippen LogP contribution < -0.4 is 0 Å². The van der Waals surface area contributed by atoms with Crippen molar-refractivity contribution >= 4 is 22.4 Å². The number of halogens is 1. The number of aryl methyl sites for hydroxylation is 1. The maximum absolute atomic E-state index is 14.5. The first-order chi connectivity index (χ1) is 16.3. The monoisotopic (exact) mass is 465 g/mol. The summed E-state index contributed by atoms with van der Waals surface area (Å²) in [6, 6.07) is 7.74. The Labute approximate surface area is 206 Å². The minimum Gasteiger partial charge on any atom is -0.346 e. The molecule has 3 aromatic rings. The van der Waals surface area contributed by atoms with Gasteiger partial charge in [0.25, 0.3) is 0 Å². The van der Waals surface area contributed by atoms with Crippen LogP contribution in [0.15, 0.2) is 35.5 Å². The van der Waals surface area contributed by atoms with Crippen molar-refractivity contribution in [3.05, 3.63) is 47.5 Å². The molecule has 0 radical (unpaired) electrons. The smallest absolute Gasteiger partial charge is 0.149 e. The number of fused-ring (bicyclic) bond motifs is 1. The van der Waals surface area contributed by atoms with Gasteiger partial charge in [-0.25, -0.2) is 9.37 Å². The van der Waals surface area contributed by atoms with E-state index in [0.717, 1.165) is 45.0 Å². The number of rotatable bonds is 7. The molecule has 1 aromatic carbocycles. The van der Waals surface area contributed by atoms with Crippen LogP contribution in [-0.2, 0) is 0 Å². The zero-order valence-corrected chi connectivity index (χ0v) is 22.6. The molecule has 0 bridgehead atoms. The lowest BCUT2D eigenvalue weighted by Gasteiger charge is -2.07. The van der Waals surface area contributed by atoms with Crippen molar-refractivity contribution in [2.24, 2.45) is 10.9 Å². The molecule has 0 amide bonds. The highest BCUT2D eigenvalue weighted by molar-refractivity contribution is 5.94. The lowest BCUT2D eigenvalue weighted by Crippen LogP contribution is -1.91. The van der Waals surface area contributed by atoms with E-state index in [0.29, 0.717) is 11.6 Å². The lowest BCUT2D eigenvalue weighted by atomic mass is 10.0. The van der Waals surface area contributed by atoms with Crippen molar-refractivity contribution in [2.45, 2.75) is 99.8 Å². The second-order valence-corrected chi connectivity index (χ2v) is 9.47. The molecular formula is C30H44FN3. The summed E-state index contributed by atoms with van der Waals surface area (Å²) < 4.78 is 14.5. The van der Waals surface area contributed by atoms with Crippen LogP contribution in [0.5, 0.6) is 0 Å². The number of aromatic nitrogens is 2. The van der Waals surface area contributed by atoms with E-state index in [1.165, 1.54) is 38.5 Å². The Morgan fingerprint density at radius 2 is 1.76 bits per heavy atom. The Bertz CT molecular complexity index is 1040. The van der Waals surface area contributed by atoms with Gasteiger partial charge in [-0.2, -0.15) is 0 Å². The number of aromatic amines is 1. The average Bonchev–Trinajstić information content (AvgIpc) is 3.57. The highest BCUT2D eigenvalue weighted by atomic mass is 19.1. The molecule has 2 heterocycles. The van der Waals surface area contributed by atoms with Gasteiger partial charge in [0.2, 0.25) is 0 Å². The van der Waals surface area contributed by atoms with Gasteiger partial charge in [-0.1, -0.05) is 60.3 Å².